The van der Waals surface area contributed by atoms with Crippen LogP contribution in [0.5, 0.6) is 0 Å². The molecule has 1 aliphatic heterocycles. The molecule has 1 heterocycles. The number of aryl methyl sites for hydroxylation is 1. The molecule has 1 fully saturated rings. The number of nitrogens with one attached hydrogen (secondary N) is 1. The summed E-state index contributed by atoms with van der Waals surface area (Å²) >= 11 is 0. The summed E-state index contributed by atoms with van der Waals surface area (Å²) in [6.07, 6.45) is 2.26. The lowest BCUT2D eigenvalue weighted by Crippen LogP contribution is -2.33. The highest BCUT2D eigenvalue weighted by atomic mass is 16.2. The van der Waals surface area contributed by atoms with Gasteiger partial charge in [-0.3, -0.25) is 9.59 Å². The van der Waals surface area contributed by atoms with Gasteiger partial charge in [-0.05, 0) is 74.6 Å². The Bertz CT molecular complexity index is 839. The zero-order chi connectivity index (χ0) is 20.8. The van der Waals surface area contributed by atoms with E-state index in [0.717, 1.165) is 35.9 Å². The third-order valence-corrected chi connectivity index (χ3v) is 5.54. The predicted octanol–water partition coefficient (Wildman–Crippen LogP) is 4.61. The van der Waals surface area contributed by atoms with Crippen LogP contribution in [-0.4, -0.2) is 31.4 Å². The van der Waals surface area contributed by atoms with Crippen molar-refractivity contribution in [3.8, 4) is 0 Å². The van der Waals surface area contributed by atoms with Crippen LogP contribution in [0.25, 0.3) is 0 Å². The summed E-state index contributed by atoms with van der Waals surface area (Å²) in [5.74, 6) is 0.306. The average molecular weight is 394 g/mol. The summed E-state index contributed by atoms with van der Waals surface area (Å²) in [6, 6.07) is 15.7. The second-order valence-electron chi connectivity index (χ2n) is 7.92. The monoisotopic (exact) mass is 393 g/mol. The van der Waals surface area contributed by atoms with Crippen LogP contribution in [-0.2, 0) is 9.59 Å². The van der Waals surface area contributed by atoms with Crippen molar-refractivity contribution >= 4 is 28.9 Å². The number of amides is 2. The molecule has 29 heavy (non-hydrogen) atoms. The molecule has 0 aliphatic carbocycles. The summed E-state index contributed by atoms with van der Waals surface area (Å²) in [4.78, 5) is 29.1. The van der Waals surface area contributed by atoms with Crippen LogP contribution in [0.3, 0.4) is 0 Å². The molecule has 0 unspecified atom stereocenters. The smallest absolute Gasteiger partial charge is 0.236 e. The van der Waals surface area contributed by atoms with E-state index in [2.05, 4.69) is 17.1 Å². The summed E-state index contributed by atoms with van der Waals surface area (Å²) in [6.45, 7) is 8.88. The molecule has 2 aromatic carbocycles. The van der Waals surface area contributed by atoms with Crippen LogP contribution in [0.1, 0.15) is 38.7 Å². The lowest BCUT2D eigenvalue weighted by atomic mass is 9.99. The van der Waals surface area contributed by atoms with E-state index in [-0.39, 0.29) is 18.2 Å². The van der Waals surface area contributed by atoms with E-state index >= 15 is 0 Å². The van der Waals surface area contributed by atoms with Gasteiger partial charge in [0.2, 0.25) is 11.8 Å². The molecule has 0 saturated carbocycles. The van der Waals surface area contributed by atoms with Gasteiger partial charge in [0.25, 0.3) is 0 Å². The standard InChI is InChI=1S/C24H31N3O2/c1-4-27(22-7-5-6-19(3)16-22)24(29)17-23(28)25-20-8-10-21(11-9-20)26-14-12-18(2)13-15-26/h5-11,16,18H,4,12-15,17H2,1-3H3,(H,25,28). The van der Waals surface area contributed by atoms with Crippen molar-refractivity contribution in [3.05, 3.63) is 54.1 Å². The van der Waals surface area contributed by atoms with E-state index in [1.54, 1.807) is 4.90 Å². The van der Waals surface area contributed by atoms with Gasteiger partial charge in [0.05, 0.1) is 0 Å². The Labute approximate surface area is 173 Å². The van der Waals surface area contributed by atoms with Gasteiger partial charge >= 0.3 is 0 Å². The number of hydrogen-bond donors (Lipinski definition) is 1. The fourth-order valence-electron chi connectivity index (χ4n) is 3.76. The van der Waals surface area contributed by atoms with Crippen LogP contribution in [0.4, 0.5) is 17.1 Å². The minimum Gasteiger partial charge on any atom is -0.372 e. The van der Waals surface area contributed by atoms with Crippen LogP contribution < -0.4 is 15.1 Å². The highest BCUT2D eigenvalue weighted by Gasteiger charge is 2.19. The number of rotatable bonds is 6. The van der Waals surface area contributed by atoms with E-state index < -0.39 is 0 Å². The van der Waals surface area contributed by atoms with Crippen LogP contribution in [0.15, 0.2) is 48.5 Å². The SMILES string of the molecule is CCN(C(=O)CC(=O)Nc1ccc(N2CCC(C)CC2)cc1)c1cccc(C)c1. The van der Waals surface area contributed by atoms with Crippen molar-refractivity contribution in [3.63, 3.8) is 0 Å². The summed E-state index contributed by atoms with van der Waals surface area (Å²) in [5, 5.41) is 2.85. The summed E-state index contributed by atoms with van der Waals surface area (Å²) < 4.78 is 0. The highest BCUT2D eigenvalue weighted by Crippen LogP contribution is 2.24. The summed E-state index contributed by atoms with van der Waals surface area (Å²) in [5.41, 5.74) is 3.81. The van der Waals surface area contributed by atoms with Crippen LogP contribution in [0.2, 0.25) is 0 Å². The van der Waals surface area contributed by atoms with E-state index in [1.807, 2.05) is 62.4 Å². The van der Waals surface area contributed by atoms with Crippen molar-refractivity contribution in [1.29, 1.82) is 0 Å². The zero-order valence-electron chi connectivity index (χ0n) is 17.6. The third-order valence-electron chi connectivity index (χ3n) is 5.54. The molecule has 154 valence electrons. The molecule has 5 heteroatoms. The molecule has 0 atom stereocenters. The predicted molar refractivity (Wildman–Crippen MR) is 120 cm³/mol. The minimum atomic E-state index is -0.291. The van der Waals surface area contributed by atoms with Gasteiger partial charge in [0.1, 0.15) is 6.42 Å². The van der Waals surface area contributed by atoms with Gasteiger partial charge in [-0.1, -0.05) is 19.1 Å². The van der Waals surface area contributed by atoms with Crippen molar-refractivity contribution < 1.29 is 9.59 Å². The number of carbonyl (C=O) groups is 2. The largest absolute Gasteiger partial charge is 0.372 e. The maximum atomic E-state index is 12.6. The Morgan fingerprint density at radius 3 is 2.41 bits per heavy atom. The molecule has 1 aliphatic rings. The first-order valence-electron chi connectivity index (χ1n) is 10.5. The van der Waals surface area contributed by atoms with Crippen molar-refractivity contribution in [1.82, 2.24) is 0 Å². The molecule has 2 amide bonds. The minimum absolute atomic E-state index is 0.173. The zero-order valence-corrected chi connectivity index (χ0v) is 17.6. The first-order chi connectivity index (χ1) is 14.0. The first kappa shape index (κ1) is 20.9. The molecule has 5 nitrogen and oxygen atoms in total. The molecular weight excluding hydrogens is 362 g/mol. The molecule has 0 radical (unpaired) electrons. The fraction of sp³-hybridized carbons (Fsp3) is 0.417. The Balaban J connectivity index is 1.56. The van der Waals surface area contributed by atoms with Gasteiger partial charge in [0, 0.05) is 36.7 Å². The van der Waals surface area contributed by atoms with Gasteiger partial charge in [-0.25, -0.2) is 0 Å². The Hall–Kier alpha value is -2.82. The van der Waals surface area contributed by atoms with Gasteiger partial charge in [-0.15, -0.1) is 0 Å². The van der Waals surface area contributed by atoms with E-state index in [1.165, 1.54) is 18.5 Å². The van der Waals surface area contributed by atoms with Gasteiger partial charge in [0.15, 0.2) is 0 Å². The number of carbonyl (C=O) groups excluding carboxylic acids is 2. The molecule has 0 aromatic heterocycles. The number of piperidine rings is 1. The van der Waals surface area contributed by atoms with E-state index in [0.29, 0.717) is 6.54 Å². The second-order valence-corrected chi connectivity index (χ2v) is 7.92. The molecule has 0 spiro atoms. The van der Waals surface area contributed by atoms with Crippen LogP contribution >= 0.6 is 0 Å². The number of anilines is 3. The average Bonchev–Trinajstić information content (AvgIpc) is 2.70. The Kier molecular flexibility index (Phi) is 6.91. The Morgan fingerprint density at radius 1 is 1.10 bits per heavy atom. The van der Waals surface area contributed by atoms with E-state index in [4.69, 9.17) is 0 Å². The number of hydrogen-bond acceptors (Lipinski definition) is 3. The third kappa shape index (κ3) is 5.59. The molecular formula is C24H31N3O2. The number of nitrogens with zero attached hydrogens (tertiary/aromatic N) is 2. The van der Waals surface area contributed by atoms with Gasteiger partial charge < -0.3 is 15.1 Å². The quantitative estimate of drug-likeness (QED) is 0.729. The normalized spacial score (nSPS) is 14.5. The highest BCUT2D eigenvalue weighted by molar-refractivity contribution is 6.09. The molecule has 3 rings (SSSR count). The maximum Gasteiger partial charge on any atom is 0.236 e. The van der Waals surface area contributed by atoms with Crippen molar-refractivity contribution in [2.45, 2.75) is 40.0 Å². The van der Waals surface area contributed by atoms with Crippen LogP contribution in [0, 0.1) is 12.8 Å². The van der Waals surface area contributed by atoms with Crippen molar-refractivity contribution in [2.24, 2.45) is 5.92 Å². The molecule has 2 aromatic rings. The molecule has 1 N–H and O–H groups in total. The number of benzene rings is 2. The fourth-order valence-corrected chi connectivity index (χ4v) is 3.76. The van der Waals surface area contributed by atoms with Gasteiger partial charge in [-0.2, -0.15) is 0 Å². The lowest BCUT2D eigenvalue weighted by Gasteiger charge is -2.32. The Morgan fingerprint density at radius 2 is 1.79 bits per heavy atom. The maximum absolute atomic E-state index is 12.6. The second kappa shape index (κ2) is 9.59. The lowest BCUT2D eigenvalue weighted by molar-refractivity contribution is -0.125. The van der Waals surface area contributed by atoms with E-state index in [9.17, 15) is 9.59 Å². The topological polar surface area (TPSA) is 52.7 Å². The molecule has 1 saturated heterocycles. The first-order valence-corrected chi connectivity index (χ1v) is 10.5. The van der Waals surface area contributed by atoms with Crippen molar-refractivity contribution in [2.75, 3.05) is 34.8 Å². The summed E-state index contributed by atoms with van der Waals surface area (Å²) in [7, 11) is 0. The molecule has 0 bridgehead atoms.